The lowest BCUT2D eigenvalue weighted by molar-refractivity contribution is 0.0714. The van der Waals surface area contributed by atoms with Crippen LogP contribution in [0.15, 0.2) is 6.20 Å². The Kier molecular flexibility index (Phi) is 4.24. The fourth-order valence-corrected chi connectivity index (χ4v) is 3.38. The number of hydrogen-bond acceptors (Lipinski definition) is 4. The van der Waals surface area contributed by atoms with Gasteiger partial charge in [0.25, 0.3) is 5.91 Å². The van der Waals surface area contributed by atoms with Gasteiger partial charge in [-0.15, -0.1) is 5.10 Å². The molecule has 2 heterocycles. The van der Waals surface area contributed by atoms with Gasteiger partial charge in [0.05, 0.1) is 12.2 Å². The molecule has 1 amide bonds. The molecule has 6 nitrogen and oxygen atoms in total. The van der Waals surface area contributed by atoms with E-state index < -0.39 is 0 Å². The third kappa shape index (κ3) is 3.26. The van der Waals surface area contributed by atoms with Crippen molar-refractivity contribution >= 4 is 5.91 Å². The summed E-state index contributed by atoms with van der Waals surface area (Å²) in [5.41, 5.74) is 0.436. The van der Waals surface area contributed by atoms with Crippen LogP contribution in [0, 0.1) is 5.92 Å². The maximum Gasteiger partial charge on any atom is 0.275 e. The molecule has 2 aliphatic rings. The van der Waals surface area contributed by atoms with Crippen LogP contribution >= 0.6 is 0 Å². The lowest BCUT2D eigenvalue weighted by atomic mass is 9.88. The summed E-state index contributed by atoms with van der Waals surface area (Å²) < 4.78 is 1.86. The Balaban J connectivity index is 1.48. The lowest BCUT2D eigenvalue weighted by Gasteiger charge is -2.41. The number of carbonyl (C=O) groups excluding carboxylic acids is 1. The molecule has 1 saturated carbocycles. The number of rotatable bonds is 4. The second-order valence-electron chi connectivity index (χ2n) is 6.66. The van der Waals surface area contributed by atoms with Gasteiger partial charge in [0, 0.05) is 33.7 Å². The number of amides is 1. The molecule has 0 atom stereocenters. The molecule has 1 aromatic rings. The molecule has 0 bridgehead atoms. The van der Waals surface area contributed by atoms with Gasteiger partial charge in [-0.25, -0.2) is 4.68 Å². The highest BCUT2D eigenvalue weighted by Gasteiger charge is 2.31. The number of aromatic nitrogens is 3. The molecule has 21 heavy (non-hydrogen) atoms. The third-order valence-corrected chi connectivity index (χ3v) is 4.69. The van der Waals surface area contributed by atoms with Crippen molar-refractivity contribution in [3.63, 3.8) is 0 Å². The summed E-state index contributed by atoms with van der Waals surface area (Å²) in [6.07, 6.45) is 8.80. The van der Waals surface area contributed by atoms with Crippen molar-refractivity contribution in [1.82, 2.24) is 24.8 Å². The van der Waals surface area contributed by atoms with E-state index in [9.17, 15) is 4.79 Å². The number of nitrogens with zero attached hydrogens (tertiary/aromatic N) is 5. The number of likely N-dealkylation sites (tertiary alicyclic amines) is 1. The first-order chi connectivity index (χ1) is 10.1. The zero-order valence-electron chi connectivity index (χ0n) is 13.0. The monoisotopic (exact) mass is 291 g/mol. The fourth-order valence-electron chi connectivity index (χ4n) is 3.38. The lowest BCUT2D eigenvalue weighted by Crippen LogP contribution is -2.49. The second-order valence-corrected chi connectivity index (χ2v) is 6.66. The maximum atomic E-state index is 11.8. The Morgan fingerprint density at radius 3 is 2.67 bits per heavy atom. The SMILES string of the molecule is CN(C)C(=O)c1cn(C2CN(CC3CCCCC3)C2)nn1. The Morgan fingerprint density at radius 2 is 2.00 bits per heavy atom. The van der Waals surface area contributed by atoms with Crippen LogP contribution in [0.1, 0.15) is 48.6 Å². The van der Waals surface area contributed by atoms with Crippen LogP contribution in [0.25, 0.3) is 0 Å². The summed E-state index contributed by atoms with van der Waals surface area (Å²) in [5, 5.41) is 8.10. The van der Waals surface area contributed by atoms with Crippen LogP contribution in [-0.4, -0.2) is 64.4 Å². The van der Waals surface area contributed by atoms with E-state index in [2.05, 4.69) is 15.2 Å². The van der Waals surface area contributed by atoms with Gasteiger partial charge < -0.3 is 4.90 Å². The van der Waals surface area contributed by atoms with Crippen molar-refractivity contribution < 1.29 is 4.79 Å². The molecule has 6 heteroatoms. The van der Waals surface area contributed by atoms with E-state index in [0.29, 0.717) is 11.7 Å². The smallest absolute Gasteiger partial charge is 0.275 e. The summed E-state index contributed by atoms with van der Waals surface area (Å²) >= 11 is 0. The van der Waals surface area contributed by atoms with Crippen molar-refractivity contribution in [2.24, 2.45) is 5.92 Å². The van der Waals surface area contributed by atoms with Gasteiger partial charge in [0.2, 0.25) is 0 Å². The second kappa shape index (κ2) is 6.13. The van der Waals surface area contributed by atoms with E-state index in [4.69, 9.17) is 0 Å². The minimum Gasteiger partial charge on any atom is -0.343 e. The molecule has 1 aliphatic heterocycles. The van der Waals surface area contributed by atoms with Crippen molar-refractivity contribution in [3.8, 4) is 0 Å². The Morgan fingerprint density at radius 1 is 1.29 bits per heavy atom. The molecule has 3 rings (SSSR count). The van der Waals surface area contributed by atoms with Crippen LogP contribution in [0.5, 0.6) is 0 Å². The van der Waals surface area contributed by atoms with Crippen molar-refractivity contribution in [3.05, 3.63) is 11.9 Å². The van der Waals surface area contributed by atoms with E-state index in [1.54, 1.807) is 20.3 Å². The zero-order chi connectivity index (χ0) is 14.8. The van der Waals surface area contributed by atoms with Gasteiger partial charge in [0.1, 0.15) is 0 Å². The minimum absolute atomic E-state index is 0.0837. The van der Waals surface area contributed by atoms with E-state index in [1.165, 1.54) is 43.5 Å². The molecular weight excluding hydrogens is 266 g/mol. The summed E-state index contributed by atoms with van der Waals surface area (Å²) in [4.78, 5) is 15.9. The molecule has 0 spiro atoms. The molecule has 1 aliphatic carbocycles. The van der Waals surface area contributed by atoms with Gasteiger partial charge in [-0.2, -0.15) is 0 Å². The minimum atomic E-state index is -0.0837. The van der Waals surface area contributed by atoms with E-state index in [-0.39, 0.29) is 5.91 Å². The highest BCUT2D eigenvalue weighted by atomic mass is 16.2. The predicted molar refractivity (Wildman–Crippen MR) is 80.1 cm³/mol. The summed E-state index contributed by atoms with van der Waals surface area (Å²) in [7, 11) is 3.47. The van der Waals surface area contributed by atoms with Gasteiger partial charge in [0.15, 0.2) is 5.69 Å². The fraction of sp³-hybridized carbons (Fsp3) is 0.800. The predicted octanol–water partition coefficient (Wildman–Crippen LogP) is 1.42. The molecular formula is C15H25N5O. The van der Waals surface area contributed by atoms with Gasteiger partial charge in [-0.1, -0.05) is 24.5 Å². The highest BCUT2D eigenvalue weighted by Crippen LogP contribution is 2.28. The topological polar surface area (TPSA) is 54.3 Å². The van der Waals surface area contributed by atoms with Crippen molar-refractivity contribution in [2.75, 3.05) is 33.7 Å². The molecule has 2 fully saturated rings. The third-order valence-electron chi connectivity index (χ3n) is 4.69. The summed E-state index contributed by atoms with van der Waals surface area (Å²) in [6.45, 7) is 3.31. The first kappa shape index (κ1) is 14.5. The first-order valence-corrected chi connectivity index (χ1v) is 7.99. The Hall–Kier alpha value is -1.43. The van der Waals surface area contributed by atoms with E-state index in [1.807, 2.05) is 4.68 Å². The summed E-state index contributed by atoms with van der Waals surface area (Å²) in [6, 6.07) is 0.379. The quantitative estimate of drug-likeness (QED) is 0.842. The molecule has 1 saturated heterocycles. The highest BCUT2D eigenvalue weighted by molar-refractivity contribution is 5.91. The molecule has 116 valence electrons. The molecule has 0 N–H and O–H groups in total. The zero-order valence-corrected chi connectivity index (χ0v) is 13.0. The van der Waals surface area contributed by atoms with E-state index >= 15 is 0 Å². The van der Waals surface area contributed by atoms with E-state index in [0.717, 1.165) is 19.0 Å². The molecule has 0 unspecified atom stereocenters. The van der Waals surface area contributed by atoms with Gasteiger partial charge >= 0.3 is 0 Å². The van der Waals surface area contributed by atoms with Crippen molar-refractivity contribution in [2.45, 2.75) is 38.1 Å². The Bertz CT molecular complexity index is 486. The van der Waals surface area contributed by atoms with Crippen LogP contribution in [0.2, 0.25) is 0 Å². The van der Waals surface area contributed by atoms with Crippen LogP contribution in [0.4, 0.5) is 0 Å². The Labute approximate surface area is 126 Å². The molecule has 1 aromatic heterocycles. The molecule has 0 aromatic carbocycles. The average molecular weight is 291 g/mol. The van der Waals surface area contributed by atoms with Gasteiger partial charge in [-0.3, -0.25) is 9.69 Å². The van der Waals surface area contributed by atoms with Gasteiger partial charge in [-0.05, 0) is 18.8 Å². The van der Waals surface area contributed by atoms with Crippen LogP contribution < -0.4 is 0 Å². The number of carbonyl (C=O) groups is 1. The average Bonchev–Trinajstić information content (AvgIpc) is 2.91. The first-order valence-electron chi connectivity index (χ1n) is 7.99. The molecule has 0 radical (unpaired) electrons. The normalized spacial score (nSPS) is 21.2. The van der Waals surface area contributed by atoms with Crippen LogP contribution in [-0.2, 0) is 0 Å². The van der Waals surface area contributed by atoms with Crippen LogP contribution in [0.3, 0.4) is 0 Å². The number of hydrogen-bond donors (Lipinski definition) is 0. The largest absolute Gasteiger partial charge is 0.343 e. The van der Waals surface area contributed by atoms with Crippen molar-refractivity contribution in [1.29, 1.82) is 0 Å². The maximum absolute atomic E-state index is 11.8. The summed E-state index contributed by atoms with van der Waals surface area (Å²) in [5.74, 6) is 0.806. The standard InChI is InChI=1S/C15H25N5O/c1-18(2)15(21)14-11-20(17-16-14)13-9-19(10-13)8-12-6-4-3-5-7-12/h11-13H,3-10H2,1-2H3.